The number of aromatic nitrogens is 3. The van der Waals surface area contributed by atoms with Crippen molar-refractivity contribution in [3.8, 4) is 11.4 Å². The Labute approximate surface area is 129 Å². The van der Waals surface area contributed by atoms with Crippen molar-refractivity contribution in [3.63, 3.8) is 0 Å². The maximum Gasteiger partial charge on any atom is 0.280 e. The van der Waals surface area contributed by atoms with Crippen LogP contribution in [0.15, 0.2) is 33.4 Å². The summed E-state index contributed by atoms with van der Waals surface area (Å²) in [7, 11) is 1.68. The van der Waals surface area contributed by atoms with Gasteiger partial charge in [0.25, 0.3) is 5.56 Å². The third kappa shape index (κ3) is 2.37. The molecule has 3 rings (SSSR count). The predicted molar refractivity (Wildman–Crippen MR) is 85.8 cm³/mol. The number of hydrogen-bond donors (Lipinski definition) is 1. The molecular weight excluding hydrogens is 306 g/mol. The van der Waals surface area contributed by atoms with Crippen LogP contribution in [-0.4, -0.2) is 25.9 Å². The number of benzene rings is 1. The highest BCUT2D eigenvalue weighted by molar-refractivity contribution is 8.00. The third-order valence-corrected chi connectivity index (χ3v) is 5.16. The van der Waals surface area contributed by atoms with E-state index in [1.165, 1.54) is 27.7 Å². The Bertz CT molecular complexity index is 870. The molecule has 1 aromatic carbocycles. The first kappa shape index (κ1) is 14.2. The first-order valence-electron chi connectivity index (χ1n) is 6.26. The molecule has 7 heteroatoms. The fraction of sp³-hybridized carbons (Fsp3) is 0.214. The van der Waals surface area contributed by atoms with Crippen LogP contribution in [0.5, 0.6) is 0 Å². The lowest BCUT2D eigenvalue weighted by atomic mass is 10.1. The summed E-state index contributed by atoms with van der Waals surface area (Å²) < 4.78 is 2.31. The Morgan fingerprint density at radius 1 is 1.33 bits per heavy atom. The summed E-state index contributed by atoms with van der Waals surface area (Å²) in [5.74, 6) is 0.549. The van der Waals surface area contributed by atoms with Crippen LogP contribution in [0, 0.1) is 0 Å². The molecule has 3 aromatic rings. The molecule has 0 spiro atoms. The summed E-state index contributed by atoms with van der Waals surface area (Å²) >= 11 is 2.91. The largest absolute Gasteiger partial charge is 0.392 e. The number of thiazole rings is 1. The number of fused-ring (bicyclic) bond motifs is 1. The van der Waals surface area contributed by atoms with Crippen molar-refractivity contribution in [1.29, 1.82) is 0 Å². The topological polar surface area (TPSA) is 68.0 Å². The molecule has 0 saturated carbocycles. The van der Waals surface area contributed by atoms with Gasteiger partial charge in [0.15, 0.2) is 14.7 Å². The van der Waals surface area contributed by atoms with Gasteiger partial charge in [-0.1, -0.05) is 47.4 Å². The van der Waals surface area contributed by atoms with Crippen LogP contribution in [0.1, 0.15) is 5.56 Å². The van der Waals surface area contributed by atoms with Gasteiger partial charge in [0.1, 0.15) is 5.82 Å². The van der Waals surface area contributed by atoms with Gasteiger partial charge < -0.3 is 5.11 Å². The first-order chi connectivity index (χ1) is 10.2. The van der Waals surface area contributed by atoms with Gasteiger partial charge >= 0.3 is 0 Å². The molecule has 0 aliphatic rings. The molecule has 0 unspecified atom stereocenters. The number of aliphatic hydroxyl groups is 1. The smallest absolute Gasteiger partial charge is 0.280 e. The van der Waals surface area contributed by atoms with Crippen molar-refractivity contribution in [2.24, 2.45) is 7.05 Å². The van der Waals surface area contributed by atoms with Crippen LogP contribution in [0.25, 0.3) is 21.7 Å². The van der Waals surface area contributed by atoms with Crippen LogP contribution >= 0.6 is 23.1 Å². The van der Waals surface area contributed by atoms with E-state index in [4.69, 9.17) is 0 Å². The van der Waals surface area contributed by atoms with Crippen molar-refractivity contribution in [1.82, 2.24) is 14.5 Å². The second-order valence-electron chi connectivity index (χ2n) is 4.45. The fourth-order valence-corrected chi connectivity index (χ4v) is 3.56. The number of aliphatic hydroxyl groups excluding tert-OH is 1. The van der Waals surface area contributed by atoms with Crippen LogP contribution in [-0.2, 0) is 13.7 Å². The van der Waals surface area contributed by atoms with Gasteiger partial charge in [-0.15, -0.1) is 0 Å². The molecule has 2 heterocycles. The molecule has 21 heavy (non-hydrogen) atoms. The Kier molecular flexibility index (Phi) is 3.79. The molecule has 0 atom stereocenters. The number of hydrogen-bond acceptors (Lipinski definition) is 6. The maximum absolute atomic E-state index is 12.4. The lowest BCUT2D eigenvalue weighted by Crippen LogP contribution is -2.20. The minimum atomic E-state index is -0.167. The summed E-state index contributed by atoms with van der Waals surface area (Å²) in [6.07, 6.45) is 1.92. The van der Waals surface area contributed by atoms with E-state index in [1.54, 1.807) is 7.05 Å². The highest BCUT2D eigenvalue weighted by Crippen LogP contribution is 2.28. The summed E-state index contributed by atoms with van der Waals surface area (Å²) in [6, 6.07) is 7.40. The maximum atomic E-state index is 12.4. The van der Waals surface area contributed by atoms with E-state index >= 15 is 0 Å². The predicted octanol–water partition coefficient (Wildman–Crippen LogP) is 2.27. The lowest BCUT2D eigenvalue weighted by molar-refractivity contribution is 0.282. The third-order valence-electron chi connectivity index (χ3n) is 3.23. The summed E-state index contributed by atoms with van der Waals surface area (Å²) in [5, 5.41) is 9.47. The van der Waals surface area contributed by atoms with Crippen LogP contribution < -0.4 is 5.56 Å². The van der Waals surface area contributed by atoms with Gasteiger partial charge in [0, 0.05) is 12.6 Å². The number of rotatable bonds is 3. The van der Waals surface area contributed by atoms with Gasteiger partial charge in [0.2, 0.25) is 0 Å². The van der Waals surface area contributed by atoms with Crippen molar-refractivity contribution in [3.05, 3.63) is 40.2 Å². The van der Waals surface area contributed by atoms with Crippen LogP contribution in [0.2, 0.25) is 0 Å². The Morgan fingerprint density at radius 2 is 2.10 bits per heavy atom. The standard InChI is InChI=1S/C14H13N3O2S2/c1-17-11(9-6-4-3-5-8(9)7-18)16-12-10(13(17)19)15-14(20-2)21-12/h3-6,18H,7H2,1-2H3. The number of thioether (sulfide) groups is 1. The summed E-state index contributed by atoms with van der Waals surface area (Å²) in [6.45, 7) is -0.0944. The minimum Gasteiger partial charge on any atom is -0.392 e. The molecule has 1 N–H and O–H groups in total. The Morgan fingerprint density at radius 3 is 2.81 bits per heavy atom. The summed E-state index contributed by atoms with van der Waals surface area (Å²) in [4.78, 5) is 22.0. The molecule has 0 bridgehead atoms. The molecule has 2 aromatic heterocycles. The highest BCUT2D eigenvalue weighted by atomic mass is 32.2. The van der Waals surface area contributed by atoms with Gasteiger partial charge in [-0.05, 0) is 11.8 Å². The van der Waals surface area contributed by atoms with Crippen molar-refractivity contribution >= 4 is 33.4 Å². The average Bonchev–Trinajstić information content (AvgIpc) is 2.94. The van der Waals surface area contributed by atoms with E-state index in [0.717, 1.165) is 15.5 Å². The lowest BCUT2D eigenvalue weighted by Gasteiger charge is -2.10. The summed E-state index contributed by atoms with van der Waals surface area (Å²) in [5.41, 5.74) is 1.74. The minimum absolute atomic E-state index is 0.0944. The van der Waals surface area contributed by atoms with E-state index in [9.17, 15) is 9.90 Å². The normalized spacial score (nSPS) is 11.2. The molecule has 108 valence electrons. The van der Waals surface area contributed by atoms with E-state index < -0.39 is 0 Å². The monoisotopic (exact) mass is 319 g/mol. The zero-order valence-corrected chi connectivity index (χ0v) is 13.2. The second kappa shape index (κ2) is 5.59. The Balaban J connectivity index is 2.33. The average molecular weight is 319 g/mol. The molecule has 0 amide bonds. The van der Waals surface area contributed by atoms with Gasteiger partial charge in [-0.2, -0.15) is 0 Å². The van der Waals surface area contributed by atoms with Crippen molar-refractivity contribution < 1.29 is 5.11 Å². The first-order valence-corrected chi connectivity index (χ1v) is 8.30. The fourth-order valence-electron chi connectivity index (χ4n) is 2.14. The van der Waals surface area contributed by atoms with Crippen molar-refractivity contribution in [2.75, 3.05) is 6.26 Å². The zero-order valence-electron chi connectivity index (χ0n) is 11.5. The van der Waals surface area contributed by atoms with E-state index in [-0.39, 0.29) is 12.2 Å². The molecular formula is C14H13N3O2S2. The highest BCUT2D eigenvalue weighted by Gasteiger charge is 2.16. The Hall–Kier alpha value is -1.70. The van der Waals surface area contributed by atoms with Gasteiger partial charge in [-0.3, -0.25) is 9.36 Å². The molecule has 0 saturated heterocycles. The molecule has 0 aliphatic heterocycles. The van der Waals surface area contributed by atoms with Gasteiger partial charge in [-0.25, -0.2) is 9.97 Å². The van der Waals surface area contributed by atoms with Gasteiger partial charge in [0.05, 0.1) is 6.61 Å². The SMILES string of the molecule is CSc1nc2c(=O)n(C)c(-c3ccccc3CO)nc2s1. The molecule has 5 nitrogen and oxygen atoms in total. The second-order valence-corrected chi connectivity index (χ2v) is 6.48. The van der Waals surface area contributed by atoms with Crippen LogP contribution in [0.3, 0.4) is 0 Å². The van der Waals surface area contributed by atoms with Crippen LogP contribution in [0.4, 0.5) is 0 Å². The van der Waals surface area contributed by atoms with E-state index in [1.807, 2.05) is 30.5 Å². The molecule has 0 radical (unpaired) electrons. The number of nitrogens with zero attached hydrogens (tertiary/aromatic N) is 3. The molecule has 0 fully saturated rings. The zero-order chi connectivity index (χ0) is 15.0. The molecule has 0 aliphatic carbocycles. The van der Waals surface area contributed by atoms with E-state index in [0.29, 0.717) is 16.2 Å². The quantitative estimate of drug-likeness (QED) is 0.750. The van der Waals surface area contributed by atoms with E-state index in [2.05, 4.69) is 9.97 Å². The van der Waals surface area contributed by atoms with Crippen molar-refractivity contribution in [2.45, 2.75) is 10.9 Å².